The molecule has 1 heterocycles. The highest BCUT2D eigenvalue weighted by molar-refractivity contribution is 6.29. The van der Waals surface area contributed by atoms with Crippen LogP contribution in [0.4, 0.5) is 0 Å². The van der Waals surface area contributed by atoms with Gasteiger partial charge in [0.2, 0.25) is 5.91 Å². The minimum absolute atomic E-state index is 0.0459. The van der Waals surface area contributed by atoms with E-state index in [0.717, 1.165) is 19.3 Å². The summed E-state index contributed by atoms with van der Waals surface area (Å²) < 4.78 is 0. The van der Waals surface area contributed by atoms with E-state index >= 15 is 0 Å². The van der Waals surface area contributed by atoms with Gasteiger partial charge in [-0.1, -0.05) is 18.0 Å². The largest absolute Gasteiger partial charge is 0.393 e. The molecule has 0 radical (unpaired) electrons. The summed E-state index contributed by atoms with van der Waals surface area (Å²) in [6.07, 6.45) is 5.75. The fourth-order valence-corrected chi connectivity index (χ4v) is 2.36. The maximum Gasteiger partial charge on any atom is 0.223 e. The third kappa shape index (κ3) is 3.40. The summed E-state index contributed by atoms with van der Waals surface area (Å²) in [5.74, 6) is -0.153. The van der Waals surface area contributed by atoms with E-state index in [-0.39, 0.29) is 24.5 Å². The summed E-state index contributed by atoms with van der Waals surface area (Å²) in [5.41, 5.74) is 0.559. The first kappa shape index (κ1) is 13.2. The molecular weight excluding hydrogens is 254 g/mol. The van der Waals surface area contributed by atoms with Crippen LogP contribution in [-0.2, 0) is 11.3 Å². The molecule has 0 aliphatic heterocycles. The predicted molar refractivity (Wildman–Crippen MR) is 66.9 cm³/mol. The van der Waals surface area contributed by atoms with Gasteiger partial charge in [0.05, 0.1) is 18.3 Å². The van der Waals surface area contributed by atoms with E-state index in [2.05, 4.69) is 15.3 Å². The lowest BCUT2D eigenvalue weighted by molar-refractivity contribution is -0.127. The Morgan fingerprint density at radius 2 is 2.22 bits per heavy atom. The molecule has 0 aromatic carbocycles. The van der Waals surface area contributed by atoms with Gasteiger partial charge in [0.15, 0.2) is 5.15 Å². The number of carbonyl (C=O) groups is 1. The molecule has 18 heavy (non-hydrogen) atoms. The van der Waals surface area contributed by atoms with Crippen molar-refractivity contribution < 1.29 is 9.90 Å². The van der Waals surface area contributed by atoms with Gasteiger partial charge in [-0.25, -0.2) is 4.98 Å². The van der Waals surface area contributed by atoms with Gasteiger partial charge < -0.3 is 10.4 Å². The van der Waals surface area contributed by atoms with Gasteiger partial charge in [0.1, 0.15) is 0 Å². The van der Waals surface area contributed by atoms with Crippen molar-refractivity contribution in [2.24, 2.45) is 5.92 Å². The zero-order valence-electron chi connectivity index (χ0n) is 9.97. The standard InChI is InChI=1S/C12H16ClN3O2/c13-11-10(14-4-5-15-11)7-16-12(18)8-2-1-3-9(17)6-8/h4-5,8-9,17H,1-3,6-7H2,(H,16,18). The Bertz CT molecular complexity index is 428. The maximum absolute atomic E-state index is 11.9. The molecule has 6 heteroatoms. The van der Waals surface area contributed by atoms with E-state index in [9.17, 15) is 9.90 Å². The summed E-state index contributed by atoms with van der Waals surface area (Å²) in [5, 5.41) is 12.6. The number of hydrogen-bond donors (Lipinski definition) is 2. The normalized spacial score (nSPS) is 23.7. The third-order valence-electron chi connectivity index (χ3n) is 3.17. The van der Waals surface area contributed by atoms with E-state index in [1.54, 1.807) is 0 Å². The lowest BCUT2D eigenvalue weighted by Gasteiger charge is -2.24. The fourth-order valence-electron chi connectivity index (χ4n) is 2.19. The van der Waals surface area contributed by atoms with Crippen LogP contribution in [0.3, 0.4) is 0 Å². The number of hydrogen-bond acceptors (Lipinski definition) is 4. The van der Waals surface area contributed by atoms with Gasteiger partial charge >= 0.3 is 0 Å². The summed E-state index contributed by atoms with van der Waals surface area (Å²) in [7, 11) is 0. The molecule has 2 rings (SSSR count). The molecule has 0 saturated heterocycles. The quantitative estimate of drug-likeness (QED) is 0.867. The van der Waals surface area contributed by atoms with Crippen molar-refractivity contribution in [3.63, 3.8) is 0 Å². The van der Waals surface area contributed by atoms with Crippen molar-refractivity contribution in [2.75, 3.05) is 0 Å². The van der Waals surface area contributed by atoms with Crippen LogP contribution < -0.4 is 5.32 Å². The first-order valence-electron chi connectivity index (χ1n) is 6.08. The molecule has 0 bridgehead atoms. The third-order valence-corrected chi connectivity index (χ3v) is 3.49. The van der Waals surface area contributed by atoms with Crippen LogP contribution in [0.25, 0.3) is 0 Å². The number of aliphatic hydroxyl groups excluding tert-OH is 1. The number of nitrogens with zero attached hydrogens (tertiary/aromatic N) is 2. The van der Waals surface area contributed by atoms with Crippen molar-refractivity contribution in [3.8, 4) is 0 Å². The van der Waals surface area contributed by atoms with E-state index in [0.29, 0.717) is 17.3 Å². The lowest BCUT2D eigenvalue weighted by atomic mass is 9.87. The van der Waals surface area contributed by atoms with Crippen molar-refractivity contribution in [1.29, 1.82) is 0 Å². The fraction of sp³-hybridized carbons (Fsp3) is 0.583. The highest BCUT2D eigenvalue weighted by Gasteiger charge is 2.25. The number of aliphatic hydroxyl groups is 1. The smallest absolute Gasteiger partial charge is 0.223 e. The molecular formula is C12H16ClN3O2. The predicted octanol–water partition coefficient (Wildman–Crippen LogP) is 1.30. The van der Waals surface area contributed by atoms with Crippen LogP contribution in [0.15, 0.2) is 12.4 Å². The monoisotopic (exact) mass is 269 g/mol. The van der Waals surface area contributed by atoms with E-state index in [4.69, 9.17) is 11.6 Å². The second kappa shape index (κ2) is 6.11. The Morgan fingerprint density at radius 1 is 1.44 bits per heavy atom. The molecule has 1 fully saturated rings. The number of nitrogens with one attached hydrogen (secondary N) is 1. The SMILES string of the molecule is O=C(NCc1nccnc1Cl)C1CCCC(O)C1. The van der Waals surface area contributed by atoms with Crippen LogP contribution in [0, 0.1) is 5.92 Å². The van der Waals surface area contributed by atoms with Gasteiger partial charge in [-0.05, 0) is 19.3 Å². The second-order valence-electron chi connectivity index (χ2n) is 4.53. The molecule has 1 saturated carbocycles. The minimum atomic E-state index is -0.352. The lowest BCUT2D eigenvalue weighted by Crippen LogP contribution is -2.35. The zero-order valence-corrected chi connectivity index (χ0v) is 10.7. The first-order valence-corrected chi connectivity index (χ1v) is 6.45. The van der Waals surface area contributed by atoms with Crippen molar-refractivity contribution in [3.05, 3.63) is 23.2 Å². The number of aromatic nitrogens is 2. The van der Waals surface area contributed by atoms with Gasteiger partial charge in [0, 0.05) is 18.3 Å². The summed E-state index contributed by atoms with van der Waals surface area (Å²) >= 11 is 5.85. The van der Waals surface area contributed by atoms with Crippen molar-refractivity contribution >= 4 is 17.5 Å². The van der Waals surface area contributed by atoms with Gasteiger partial charge in [-0.2, -0.15) is 0 Å². The van der Waals surface area contributed by atoms with E-state index < -0.39 is 0 Å². The van der Waals surface area contributed by atoms with E-state index in [1.165, 1.54) is 12.4 Å². The van der Waals surface area contributed by atoms with Crippen LogP contribution in [0.2, 0.25) is 5.15 Å². The Hall–Kier alpha value is -1.20. The van der Waals surface area contributed by atoms with Crippen molar-refractivity contribution in [2.45, 2.75) is 38.3 Å². The Morgan fingerprint density at radius 3 is 2.94 bits per heavy atom. The molecule has 1 amide bonds. The average molecular weight is 270 g/mol. The maximum atomic E-state index is 11.9. The van der Waals surface area contributed by atoms with Gasteiger partial charge in [-0.3, -0.25) is 9.78 Å². The molecule has 0 spiro atoms. The average Bonchev–Trinajstić information content (AvgIpc) is 2.37. The van der Waals surface area contributed by atoms with Crippen LogP contribution >= 0.6 is 11.6 Å². The number of carbonyl (C=O) groups excluding carboxylic acids is 1. The van der Waals surface area contributed by atoms with Gasteiger partial charge in [-0.15, -0.1) is 0 Å². The highest BCUT2D eigenvalue weighted by Crippen LogP contribution is 2.24. The van der Waals surface area contributed by atoms with Crippen LogP contribution in [0.1, 0.15) is 31.4 Å². The molecule has 2 atom stereocenters. The van der Waals surface area contributed by atoms with Crippen molar-refractivity contribution in [1.82, 2.24) is 15.3 Å². The summed E-state index contributed by atoms with van der Waals surface area (Å²) in [6.45, 7) is 0.276. The first-order chi connectivity index (χ1) is 8.66. The van der Waals surface area contributed by atoms with Crippen LogP contribution in [-0.4, -0.2) is 27.1 Å². The Kier molecular flexibility index (Phi) is 4.49. The zero-order chi connectivity index (χ0) is 13.0. The Labute approximate surface area is 111 Å². The number of amides is 1. The molecule has 5 nitrogen and oxygen atoms in total. The number of rotatable bonds is 3. The molecule has 98 valence electrons. The van der Waals surface area contributed by atoms with E-state index in [1.807, 2.05) is 0 Å². The Balaban J connectivity index is 1.86. The van der Waals surface area contributed by atoms with Gasteiger partial charge in [0.25, 0.3) is 0 Å². The molecule has 2 unspecified atom stereocenters. The highest BCUT2D eigenvalue weighted by atomic mass is 35.5. The summed E-state index contributed by atoms with van der Waals surface area (Å²) in [4.78, 5) is 19.9. The van der Waals surface area contributed by atoms with Crippen LogP contribution in [0.5, 0.6) is 0 Å². The molecule has 1 aromatic heterocycles. The molecule has 1 aromatic rings. The summed E-state index contributed by atoms with van der Waals surface area (Å²) in [6, 6.07) is 0. The number of halogens is 1. The topological polar surface area (TPSA) is 75.1 Å². The molecule has 1 aliphatic carbocycles. The molecule has 2 N–H and O–H groups in total. The molecule has 1 aliphatic rings. The second-order valence-corrected chi connectivity index (χ2v) is 4.89. The minimum Gasteiger partial charge on any atom is -0.393 e.